The van der Waals surface area contributed by atoms with Crippen molar-refractivity contribution in [3.05, 3.63) is 47.7 Å². The lowest BCUT2D eigenvalue weighted by atomic mass is 10.2. The van der Waals surface area contributed by atoms with Gasteiger partial charge in [0.1, 0.15) is 11.7 Å². The van der Waals surface area contributed by atoms with Crippen molar-refractivity contribution >= 4 is 11.7 Å². The van der Waals surface area contributed by atoms with Crippen molar-refractivity contribution in [2.24, 2.45) is 0 Å². The Morgan fingerprint density at radius 2 is 2.29 bits per heavy atom. The molecule has 3 rings (SSSR count). The molecular weight excluding hydrogens is 310 g/mol. The quantitative estimate of drug-likeness (QED) is 0.599. The molecule has 8 heteroatoms. The molecule has 0 N–H and O–H groups in total. The van der Waals surface area contributed by atoms with Crippen LogP contribution in [0.15, 0.2) is 36.9 Å². The van der Waals surface area contributed by atoms with Gasteiger partial charge in [0.05, 0.1) is 18.9 Å². The predicted molar refractivity (Wildman–Crippen MR) is 86.7 cm³/mol. The van der Waals surface area contributed by atoms with Gasteiger partial charge in [-0.2, -0.15) is 9.71 Å². The molecule has 1 aliphatic rings. The molecule has 0 radical (unpaired) electrons. The van der Waals surface area contributed by atoms with Gasteiger partial charge in [0.25, 0.3) is 5.91 Å². The minimum absolute atomic E-state index is 0.135. The topological polar surface area (TPSA) is 85.5 Å². The molecule has 0 saturated carbocycles. The Morgan fingerprint density at radius 3 is 3.04 bits per heavy atom. The van der Waals surface area contributed by atoms with E-state index in [1.165, 1.54) is 12.4 Å². The number of ether oxygens (including phenoxy) is 1. The second-order valence-electron chi connectivity index (χ2n) is 5.84. The minimum atomic E-state index is -0.167. The summed E-state index contributed by atoms with van der Waals surface area (Å²) in [6, 6.07) is 3.20. The first-order valence-corrected chi connectivity index (χ1v) is 7.67. The highest BCUT2D eigenvalue weighted by molar-refractivity contribution is 5.93. The lowest BCUT2D eigenvalue weighted by Crippen LogP contribution is -2.33. The Labute approximate surface area is 139 Å². The standard InChI is InChI=1S/C16H19N5O3/c1-19(2)14-8-17-9-15(18-14)24-13-5-7-20(11-13)16(22)12-4-3-6-21(23)10-12/h3-4,6,8-10,13H,5,7,11H2,1-2H3. The van der Waals surface area contributed by atoms with Gasteiger partial charge in [0.2, 0.25) is 5.88 Å². The van der Waals surface area contributed by atoms with Crippen LogP contribution in [-0.4, -0.2) is 54.1 Å². The van der Waals surface area contributed by atoms with Crippen LogP contribution >= 0.6 is 0 Å². The molecule has 1 fully saturated rings. The molecule has 1 aliphatic heterocycles. The van der Waals surface area contributed by atoms with Crippen molar-refractivity contribution in [3.8, 4) is 5.88 Å². The highest BCUT2D eigenvalue weighted by atomic mass is 16.5. The maximum atomic E-state index is 12.4. The van der Waals surface area contributed by atoms with Gasteiger partial charge in [-0.15, -0.1) is 0 Å². The number of anilines is 1. The minimum Gasteiger partial charge on any atom is -0.619 e. The zero-order valence-electron chi connectivity index (χ0n) is 13.6. The van der Waals surface area contributed by atoms with Crippen molar-refractivity contribution in [2.75, 3.05) is 32.1 Å². The summed E-state index contributed by atoms with van der Waals surface area (Å²) in [4.78, 5) is 24.4. The first kappa shape index (κ1) is 16.0. The summed E-state index contributed by atoms with van der Waals surface area (Å²) in [5.41, 5.74) is 0.377. The zero-order chi connectivity index (χ0) is 17.1. The fourth-order valence-corrected chi connectivity index (χ4v) is 2.55. The maximum Gasteiger partial charge on any atom is 0.260 e. The lowest BCUT2D eigenvalue weighted by molar-refractivity contribution is -0.605. The Balaban J connectivity index is 1.63. The first-order chi connectivity index (χ1) is 11.5. The maximum absolute atomic E-state index is 12.4. The Kier molecular flexibility index (Phi) is 4.45. The molecule has 8 nitrogen and oxygen atoms in total. The third kappa shape index (κ3) is 3.53. The molecule has 2 aromatic heterocycles. The van der Waals surface area contributed by atoms with E-state index in [0.29, 0.717) is 41.5 Å². The SMILES string of the molecule is CN(C)c1cncc(OC2CCN(C(=O)c3ccc[n+]([O-])c3)C2)n1. The molecule has 2 aromatic rings. The van der Waals surface area contributed by atoms with Gasteiger partial charge in [-0.1, -0.05) is 0 Å². The monoisotopic (exact) mass is 329 g/mol. The lowest BCUT2D eigenvalue weighted by Gasteiger charge is -2.17. The van der Waals surface area contributed by atoms with Crippen LogP contribution in [0, 0.1) is 5.21 Å². The second kappa shape index (κ2) is 6.69. The van der Waals surface area contributed by atoms with Crippen LogP contribution in [0.2, 0.25) is 0 Å². The highest BCUT2D eigenvalue weighted by Crippen LogP contribution is 2.19. The average Bonchev–Trinajstić information content (AvgIpc) is 3.03. The van der Waals surface area contributed by atoms with Crippen LogP contribution in [0.4, 0.5) is 5.82 Å². The smallest absolute Gasteiger partial charge is 0.260 e. The summed E-state index contributed by atoms with van der Waals surface area (Å²) in [6.07, 6.45) is 6.43. The van der Waals surface area contributed by atoms with Gasteiger partial charge in [-0.25, -0.2) is 0 Å². The molecule has 126 valence electrons. The fraction of sp³-hybridized carbons (Fsp3) is 0.375. The number of aromatic nitrogens is 3. The molecule has 24 heavy (non-hydrogen) atoms. The molecule has 1 amide bonds. The number of hydrogen-bond acceptors (Lipinski definition) is 6. The van der Waals surface area contributed by atoms with Gasteiger partial charge in [0, 0.05) is 33.1 Å². The van der Waals surface area contributed by atoms with E-state index in [2.05, 4.69) is 9.97 Å². The fourth-order valence-electron chi connectivity index (χ4n) is 2.55. The van der Waals surface area contributed by atoms with Gasteiger partial charge in [-0.3, -0.25) is 9.78 Å². The molecule has 1 saturated heterocycles. The number of nitrogens with zero attached hydrogens (tertiary/aromatic N) is 5. The van der Waals surface area contributed by atoms with E-state index in [0.717, 1.165) is 0 Å². The summed E-state index contributed by atoms with van der Waals surface area (Å²) >= 11 is 0. The van der Waals surface area contributed by atoms with Crippen LogP contribution in [0.1, 0.15) is 16.8 Å². The number of amides is 1. The van der Waals surface area contributed by atoms with Crippen molar-refractivity contribution < 1.29 is 14.3 Å². The van der Waals surface area contributed by atoms with Crippen molar-refractivity contribution in [2.45, 2.75) is 12.5 Å². The van der Waals surface area contributed by atoms with E-state index in [1.807, 2.05) is 19.0 Å². The number of hydrogen-bond donors (Lipinski definition) is 0. The van der Waals surface area contributed by atoms with Gasteiger partial charge < -0.3 is 19.7 Å². The normalized spacial score (nSPS) is 16.9. The van der Waals surface area contributed by atoms with Gasteiger partial charge in [-0.05, 0) is 6.07 Å². The average molecular weight is 329 g/mol. The summed E-state index contributed by atoms with van der Waals surface area (Å²) in [5.74, 6) is 0.986. The molecule has 1 unspecified atom stereocenters. The van der Waals surface area contributed by atoms with E-state index in [9.17, 15) is 10.0 Å². The molecule has 0 aromatic carbocycles. The van der Waals surface area contributed by atoms with Gasteiger partial charge in [0.15, 0.2) is 18.2 Å². The Morgan fingerprint density at radius 1 is 1.46 bits per heavy atom. The molecule has 0 spiro atoms. The van der Waals surface area contributed by atoms with Crippen LogP contribution in [-0.2, 0) is 0 Å². The zero-order valence-corrected chi connectivity index (χ0v) is 13.6. The van der Waals surface area contributed by atoms with Crippen molar-refractivity contribution in [1.29, 1.82) is 0 Å². The van der Waals surface area contributed by atoms with E-state index >= 15 is 0 Å². The summed E-state index contributed by atoms with van der Waals surface area (Å²) in [7, 11) is 3.76. The number of pyridine rings is 1. The van der Waals surface area contributed by atoms with Gasteiger partial charge >= 0.3 is 0 Å². The second-order valence-corrected chi connectivity index (χ2v) is 5.84. The third-order valence-corrected chi connectivity index (χ3v) is 3.80. The molecule has 0 bridgehead atoms. The summed E-state index contributed by atoms with van der Waals surface area (Å²) < 4.78 is 6.47. The van der Waals surface area contributed by atoms with E-state index in [4.69, 9.17) is 4.74 Å². The summed E-state index contributed by atoms with van der Waals surface area (Å²) in [5, 5.41) is 11.3. The first-order valence-electron chi connectivity index (χ1n) is 7.67. The molecular formula is C16H19N5O3. The highest BCUT2D eigenvalue weighted by Gasteiger charge is 2.29. The van der Waals surface area contributed by atoms with Crippen molar-refractivity contribution in [3.63, 3.8) is 0 Å². The number of carbonyl (C=O) groups excluding carboxylic acids is 1. The Hall–Kier alpha value is -2.90. The molecule has 0 aliphatic carbocycles. The van der Waals surface area contributed by atoms with Crippen molar-refractivity contribution in [1.82, 2.24) is 14.9 Å². The van der Waals surface area contributed by atoms with Crippen LogP contribution in [0.3, 0.4) is 0 Å². The summed E-state index contributed by atoms with van der Waals surface area (Å²) in [6.45, 7) is 1.04. The third-order valence-electron chi connectivity index (χ3n) is 3.80. The van der Waals surface area contributed by atoms with Crippen LogP contribution < -0.4 is 14.4 Å². The largest absolute Gasteiger partial charge is 0.619 e. The predicted octanol–water partition coefficient (Wildman–Crippen LogP) is 0.470. The van der Waals surface area contributed by atoms with E-state index in [1.54, 1.807) is 29.4 Å². The van der Waals surface area contributed by atoms with Crippen LogP contribution in [0.5, 0.6) is 5.88 Å². The number of carbonyl (C=O) groups is 1. The van der Waals surface area contributed by atoms with E-state index in [-0.39, 0.29) is 12.0 Å². The molecule has 1 atom stereocenters. The number of likely N-dealkylation sites (tertiary alicyclic amines) is 1. The van der Waals surface area contributed by atoms with E-state index < -0.39 is 0 Å². The number of rotatable bonds is 4. The Bertz CT molecular complexity index is 737. The molecule has 3 heterocycles. The van der Waals surface area contributed by atoms with Crippen LogP contribution in [0.25, 0.3) is 0 Å².